The van der Waals surface area contributed by atoms with E-state index in [1.165, 1.54) is 17.3 Å². The number of benzene rings is 1. The lowest BCUT2D eigenvalue weighted by Gasteiger charge is -2.02. The highest BCUT2D eigenvalue weighted by Crippen LogP contribution is 2.08. The predicted octanol–water partition coefficient (Wildman–Crippen LogP) is 2.25. The van der Waals surface area contributed by atoms with Gasteiger partial charge in [0.2, 0.25) is 0 Å². The summed E-state index contributed by atoms with van der Waals surface area (Å²) in [6, 6.07) is 8.18. The second-order valence-corrected chi connectivity index (χ2v) is 2.62. The molecule has 0 aliphatic carbocycles. The molecule has 0 aliphatic heterocycles. The Kier molecular flexibility index (Phi) is 3.33. The summed E-state index contributed by atoms with van der Waals surface area (Å²) >= 11 is 0. The van der Waals surface area contributed by atoms with Crippen molar-refractivity contribution in [2.24, 2.45) is 5.16 Å². The summed E-state index contributed by atoms with van der Waals surface area (Å²) in [5.74, 6) is 0. The highest BCUT2D eigenvalue weighted by Gasteiger charge is 1.96. The van der Waals surface area contributed by atoms with Crippen molar-refractivity contribution in [1.29, 1.82) is 0 Å². The van der Waals surface area contributed by atoms with Crippen LogP contribution in [0.3, 0.4) is 0 Å². The Labute approximate surface area is 72.5 Å². The van der Waals surface area contributed by atoms with Crippen LogP contribution < -0.4 is 0 Å². The van der Waals surface area contributed by atoms with Gasteiger partial charge in [0, 0.05) is 12.6 Å². The van der Waals surface area contributed by atoms with E-state index < -0.39 is 0 Å². The maximum atomic E-state index is 8.26. The van der Waals surface area contributed by atoms with E-state index in [1.54, 1.807) is 0 Å². The van der Waals surface area contributed by atoms with Gasteiger partial charge in [-0.05, 0) is 17.5 Å². The third-order valence-electron chi connectivity index (χ3n) is 1.89. The van der Waals surface area contributed by atoms with Crippen LogP contribution in [0, 0.1) is 0 Å². The second kappa shape index (κ2) is 4.54. The van der Waals surface area contributed by atoms with E-state index in [4.69, 9.17) is 5.21 Å². The molecule has 1 aromatic carbocycles. The summed E-state index contributed by atoms with van der Waals surface area (Å²) < 4.78 is 0. The highest BCUT2D eigenvalue weighted by atomic mass is 16.4. The van der Waals surface area contributed by atoms with Crippen LogP contribution in [0.2, 0.25) is 0 Å². The molecule has 0 unspecified atom stereocenters. The van der Waals surface area contributed by atoms with Gasteiger partial charge in [-0.2, -0.15) is 0 Å². The topological polar surface area (TPSA) is 32.6 Å². The van der Waals surface area contributed by atoms with Crippen molar-refractivity contribution in [2.45, 2.75) is 19.8 Å². The number of hydrogen-bond acceptors (Lipinski definition) is 2. The zero-order chi connectivity index (χ0) is 8.81. The molecule has 0 spiro atoms. The monoisotopic (exact) mass is 163 g/mol. The molecule has 1 rings (SSSR count). The first-order valence-electron chi connectivity index (χ1n) is 4.11. The zero-order valence-electron chi connectivity index (χ0n) is 7.20. The minimum Gasteiger partial charge on any atom is -0.411 e. The standard InChI is InChI=1S/C10H13NO/c1-2-9-5-3-4-6-10(9)7-8-11-12/h3-6,8,12H,2,7H2,1H3. The van der Waals surface area contributed by atoms with Gasteiger partial charge >= 0.3 is 0 Å². The fraction of sp³-hybridized carbons (Fsp3) is 0.300. The molecule has 0 amide bonds. The minimum absolute atomic E-state index is 0.709. The molecular weight excluding hydrogens is 150 g/mol. The molecule has 2 heteroatoms. The van der Waals surface area contributed by atoms with Crippen LogP contribution in [0.4, 0.5) is 0 Å². The molecular formula is C10H13NO. The molecule has 0 fully saturated rings. The van der Waals surface area contributed by atoms with Crippen molar-refractivity contribution in [3.8, 4) is 0 Å². The van der Waals surface area contributed by atoms with E-state index in [0.717, 1.165) is 6.42 Å². The molecule has 0 aromatic heterocycles. The fourth-order valence-electron chi connectivity index (χ4n) is 1.24. The Morgan fingerprint density at radius 2 is 2.00 bits per heavy atom. The van der Waals surface area contributed by atoms with Gasteiger partial charge in [0.15, 0.2) is 0 Å². The molecule has 2 nitrogen and oxygen atoms in total. The van der Waals surface area contributed by atoms with E-state index in [2.05, 4.69) is 24.2 Å². The Balaban J connectivity index is 2.81. The number of rotatable bonds is 3. The van der Waals surface area contributed by atoms with Crippen LogP contribution in [0.25, 0.3) is 0 Å². The van der Waals surface area contributed by atoms with Gasteiger partial charge in [-0.25, -0.2) is 0 Å². The number of oxime groups is 1. The predicted molar refractivity (Wildman–Crippen MR) is 49.8 cm³/mol. The van der Waals surface area contributed by atoms with Crippen molar-refractivity contribution in [3.63, 3.8) is 0 Å². The maximum absolute atomic E-state index is 8.26. The molecule has 0 atom stereocenters. The molecule has 12 heavy (non-hydrogen) atoms. The molecule has 0 heterocycles. The van der Waals surface area contributed by atoms with E-state index >= 15 is 0 Å². The molecule has 0 saturated carbocycles. The second-order valence-electron chi connectivity index (χ2n) is 2.62. The normalized spacial score (nSPS) is 10.8. The van der Waals surface area contributed by atoms with E-state index in [-0.39, 0.29) is 0 Å². The lowest BCUT2D eigenvalue weighted by atomic mass is 10.0. The molecule has 1 N–H and O–H groups in total. The van der Waals surface area contributed by atoms with Crippen LogP contribution in [0.15, 0.2) is 29.4 Å². The first kappa shape index (κ1) is 8.78. The Morgan fingerprint density at radius 3 is 2.58 bits per heavy atom. The quantitative estimate of drug-likeness (QED) is 0.413. The van der Waals surface area contributed by atoms with E-state index in [9.17, 15) is 0 Å². The van der Waals surface area contributed by atoms with Crippen LogP contribution in [-0.2, 0) is 12.8 Å². The third-order valence-corrected chi connectivity index (χ3v) is 1.89. The number of hydrogen-bond donors (Lipinski definition) is 1. The Hall–Kier alpha value is -1.31. The first-order valence-corrected chi connectivity index (χ1v) is 4.11. The van der Waals surface area contributed by atoms with Gasteiger partial charge in [-0.15, -0.1) is 5.16 Å². The molecule has 0 bridgehead atoms. The number of nitrogens with zero attached hydrogens (tertiary/aromatic N) is 1. The van der Waals surface area contributed by atoms with E-state index in [1.807, 2.05) is 12.1 Å². The Morgan fingerprint density at radius 1 is 1.33 bits per heavy atom. The van der Waals surface area contributed by atoms with Gasteiger partial charge in [-0.3, -0.25) is 0 Å². The van der Waals surface area contributed by atoms with Gasteiger partial charge < -0.3 is 5.21 Å². The summed E-state index contributed by atoms with van der Waals surface area (Å²) in [5.41, 5.74) is 2.55. The molecule has 0 saturated heterocycles. The van der Waals surface area contributed by atoms with Crippen molar-refractivity contribution in [2.75, 3.05) is 0 Å². The minimum atomic E-state index is 0.709. The summed E-state index contributed by atoms with van der Waals surface area (Å²) in [5, 5.41) is 11.2. The van der Waals surface area contributed by atoms with Crippen molar-refractivity contribution in [3.05, 3.63) is 35.4 Å². The molecule has 0 radical (unpaired) electrons. The van der Waals surface area contributed by atoms with Crippen molar-refractivity contribution >= 4 is 6.21 Å². The van der Waals surface area contributed by atoms with Gasteiger partial charge in [0.05, 0.1) is 0 Å². The summed E-state index contributed by atoms with van der Waals surface area (Å²) in [7, 11) is 0. The van der Waals surface area contributed by atoms with Gasteiger partial charge in [0.25, 0.3) is 0 Å². The highest BCUT2D eigenvalue weighted by molar-refractivity contribution is 5.61. The lowest BCUT2D eigenvalue weighted by molar-refractivity contribution is 0.321. The van der Waals surface area contributed by atoms with Crippen LogP contribution in [-0.4, -0.2) is 11.4 Å². The van der Waals surface area contributed by atoms with Crippen molar-refractivity contribution in [1.82, 2.24) is 0 Å². The molecule has 0 aliphatic rings. The van der Waals surface area contributed by atoms with Crippen LogP contribution in [0.5, 0.6) is 0 Å². The average molecular weight is 163 g/mol. The lowest BCUT2D eigenvalue weighted by Crippen LogP contribution is -1.92. The Bertz CT molecular complexity index is 268. The molecule has 1 aromatic rings. The number of aryl methyl sites for hydroxylation is 1. The zero-order valence-corrected chi connectivity index (χ0v) is 7.20. The average Bonchev–Trinajstić information content (AvgIpc) is 2.15. The summed E-state index contributed by atoms with van der Waals surface area (Å²) in [6.45, 7) is 2.12. The van der Waals surface area contributed by atoms with E-state index in [0.29, 0.717) is 6.42 Å². The largest absolute Gasteiger partial charge is 0.411 e. The third kappa shape index (κ3) is 2.09. The first-order chi connectivity index (χ1) is 5.88. The SMILES string of the molecule is CCc1ccccc1CC=NO. The fourth-order valence-corrected chi connectivity index (χ4v) is 1.24. The van der Waals surface area contributed by atoms with Gasteiger partial charge in [0.1, 0.15) is 0 Å². The van der Waals surface area contributed by atoms with Crippen LogP contribution >= 0.6 is 0 Å². The van der Waals surface area contributed by atoms with Crippen molar-refractivity contribution < 1.29 is 5.21 Å². The smallest absolute Gasteiger partial charge is 0.0479 e. The van der Waals surface area contributed by atoms with Gasteiger partial charge in [-0.1, -0.05) is 31.2 Å². The molecule has 64 valence electrons. The maximum Gasteiger partial charge on any atom is 0.0479 e. The van der Waals surface area contributed by atoms with Crippen LogP contribution in [0.1, 0.15) is 18.1 Å². The summed E-state index contributed by atoms with van der Waals surface area (Å²) in [4.78, 5) is 0. The summed E-state index contributed by atoms with van der Waals surface area (Å²) in [6.07, 6.45) is 3.24.